The van der Waals surface area contributed by atoms with Gasteiger partial charge in [-0.25, -0.2) is 13.9 Å². The maximum atomic E-state index is 14.4. The zero-order valence-electron chi connectivity index (χ0n) is 21.3. The second-order valence-electron chi connectivity index (χ2n) is 9.95. The van der Waals surface area contributed by atoms with Gasteiger partial charge in [-0.2, -0.15) is 0 Å². The summed E-state index contributed by atoms with van der Waals surface area (Å²) in [5.74, 6) is -1.56. The number of morpholine rings is 1. The smallest absolute Gasteiger partial charge is 0.407 e. The summed E-state index contributed by atoms with van der Waals surface area (Å²) in [6, 6.07) is 5.54. The standard InChI is InChI=1S/C25H33FN6O5/c1-16(2)13-31(24(34)22-17(3)32(28-27-22)21-7-5-4-6-20(21)26)19-12-18(14-30(15-19)25(35)36)23(33)29-8-10-37-11-9-29/h4-7,16,18-19H,8-15H2,1-3H3,(H,35,36)/t18-,19+/m1/s1. The number of halogens is 1. The van der Waals surface area contributed by atoms with Crippen LogP contribution < -0.4 is 0 Å². The minimum absolute atomic E-state index is 0.0624. The van der Waals surface area contributed by atoms with E-state index < -0.39 is 29.8 Å². The van der Waals surface area contributed by atoms with Crippen LogP contribution in [0.2, 0.25) is 0 Å². The molecule has 0 bridgehead atoms. The molecule has 2 aliphatic rings. The molecule has 0 aliphatic carbocycles. The molecule has 2 aliphatic heterocycles. The third-order valence-electron chi connectivity index (χ3n) is 6.81. The predicted octanol–water partition coefficient (Wildman–Crippen LogP) is 2.04. The van der Waals surface area contributed by atoms with Crippen molar-refractivity contribution < 1.29 is 28.6 Å². The van der Waals surface area contributed by atoms with E-state index in [-0.39, 0.29) is 36.3 Å². The van der Waals surface area contributed by atoms with Gasteiger partial charge in [0.25, 0.3) is 5.91 Å². The monoisotopic (exact) mass is 516 g/mol. The lowest BCUT2D eigenvalue weighted by molar-refractivity contribution is -0.142. The van der Waals surface area contributed by atoms with E-state index in [9.17, 15) is 23.9 Å². The van der Waals surface area contributed by atoms with Crippen LogP contribution in [-0.4, -0.2) is 105 Å². The molecule has 37 heavy (non-hydrogen) atoms. The number of piperidine rings is 1. The number of aromatic nitrogens is 3. The van der Waals surface area contributed by atoms with Gasteiger partial charge in [0.15, 0.2) is 5.69 Å². The summed E-state index contributed by atoms with van der Waals surface area (Å²) in [7, 11) is 0. The Morgan fingerprint density at radius 2 is 1.86 bits per heavy atom. The lowest BCUT2D eigenvalue weighted by Crippen LogP contribution is -2.58. The minimum atomic E-state index is -1.14. The molecule has 2 atom stereocenters. The number of carbonyl (C=O) groups is 3. The van der Waals surface area contributed by atoms with Gasteiger partial charge in [-0.1, -0.05) is 31.2 Å². The molecule has 0 radical (unpaired) electrons. The zero-order chi connectivity index (χ0) is 26.7. The molecule has 3 heterocycles. The molecule has 1 aromatic carbocycles. The van der Waals surface area contributed by atoms with Gasteiger partial charge in [-0.3, -0.25) is 9.59 Å². The minimum Gasteiger partial charge on any atom is -0.465 e. The summed E-state index contributed by atoms with van der Waals surface area (Å²) in [5.41, 5.74) is 0.607. The van der Waals surface area contributed by atoms with E-state index in [1.54, 1.807) is 34.9 Å². The van der Waals surface area contributed by atoms with E-state index in [0.29, 0.717) is 45.0 Å². The second-order valence-corrected chi connectivity index (χ2v) is 9.95. The SMILES string of the molecule is Cc1c(C(=O)N(CC(C)C)[C@H]2C[C@@H](C(=O)N3CCOCC3)CN(C(=O)O)C2)nnn1-c1ccccc1F. The Morgan fingerprint density at radius 1 is 1.16 bits per heavy atom. The van der Waals surface area contributed by atoms with Gasteiger partial charge in [0.1, 0.15) is 11.5 Å². The Balaban J connectivity index is 1.63. The summed E-state index contributed by atoms with van der Waals surface area (Å²) in [4.78, 5) is 43.6. The van der Waals surface area contributed by atoms with Crippen molar-refractivity contribution in [3.63, 3.8) is 0 Å². The largest absolute Gasteiger partial charge is 0.465 e. The number of likely N-dealkylation sites (tertiary alicyclic amines) is 1. The highest BCUT2D eigenvalue weighted by Gasteiger charge is 2.40. The number of carboxylic acid groups (broad SMARTS) is 1. The van der Waals surface area contributed by atoms with Gasteiger partial charge in [-0.15, -0.1) is 5.10 Å². The number of ether oxygens (including phenoxy) is 1. The van der Waals surface area contributed by atoms with E-state index >= 15 is 0 Å². The highest BCUT2D eigenvalue weighted by Crippen LogP contribution is 2.26. The summed E-state index contributed by atoms with van der Waals surface area (Å²) in [6.07, 6.45) is -0.804. The summed E-state index contributed by atoms with van der Waals surface area (Å²) in [5, 5.41) is 17.9. The van der Waals surface area contributed by atoms with Crippen molar-refractivity contribution >= 4 is 17.9 Å². The van der Waals surface area contributed by atoms with Crippen molar-refractivity contribution in [2.24, 2.45) is 11.8 Å². The molecule has 2 aromatic rings. The molecule has 0 saturated carbocycles. The quantitative estimate of drug-likeness (QED) is 0.624. The van der Waals surface area contributed by atoms with Gasteiger partial charge in [0, 0.05) is 32.7 Å². The summed E-state index contributed by atoms with van der Waals surface area (Å²) < 4.78 is 21.0. The third-order valence-corrected chi connectivity index (χ3v) is 6.81. The number of amides is 3. The highest BCUT2D eigenvalue weighted by atomic mass is 19.1. The summed E-state index contributed by atoms with van der Waals surface area (Å²) >= 11 is 0. The van der Waals surface area contributed by atoms with Gasteiger partial charge in [-0.05, 0) is 31.4 Å². The van der Waals surface area contributed by atoms with Crippen LogP contribution in [0.1, 0.15) is 36.5 Å². The number of para-hydroxylation sites is 1. The van der Waals surface area contributed by atoms with Crippen LogP contribution in [0.15, 0.2) is 24.3 Å². The first-order chi connectivity index (χ1) is 17.7. The van der Waals surface area contributed by atoms with Crippen LogP contribution in [0.5, 0.6) is 0 Å². The zero-order valence-corrected chi connectivity index (χ0v) is 21.3. The number of hydrogen-bond acceptors (Lipinski definition) is 6. The molecule has 2 saturated heterocycles. The Hall–Kier alpha value is -3.54. The fraction of sp³-hybridized carbons (Fsp3) is 0.560. The first-order valence-corrected chi connectivity index (χ1v) is 12.5. The molecule has 0 unspecified atom stereocenters. The molecular weight excluding hydrogens is 483 g/mol. The lowest BCUT2D eigenvalue weighted by Gasteiger charge is -2.43. The van der Waals surface area contributed by atoms with Crippen molar-refractivity contribution in [1.29, 1.82) is 0 Å². The Bertz CT molecular complexity index is 1150. The van der Waals surface area contributed by atoms with E-state index in [1.807, 2.05) is 13.8 Å². The number of benzene rings is 1. The molecular formula is C25H33FN6O5. The van der Waals surface area contributed by atoms with Gasteiger partial charge in [0.2, 0.25) is 5.91 Å². The Kier molecular flexibility index (Phi) is 8.06. The molecule has 11 nitrogen and oxygen atoms in total. The second kappa shape index (κ2) is 11.2. The molecule has 1 N–H and O–H groups in total. The number of carbonyl (C=O) groups excluding carboxylic acids is 2. The number of nitrogens with zero attached hydrogens (tertiary/aromatic N) is 6. The number of rotatable bonds is 6. The topological polar surface area (TPSA) is 121 Å². The van der Waals surface area contributed by atoms with Crippen LogP contribution >= 0.6 is 0 Å². The molecule has 0 spiro atoms. The van der Waals surface area contributed by atoms with E-state index in [4.69, 9.17) is 4.74 Å². The van der Waals surface area contributed by atoms with Gasteiger partial charge in [0.05, 0.1) is 30.9 Å². The van der Waals surface area contributed by atoms with Crippen molar-refractivity contribution in [2.75, 3.05) is 45.9 Å². The van der Waals surface area contributed by atoms with Crippen molar-refractivity contribution in [3.8, 4) is 5.69 Å². The molecule has 4 rings (SSSR count). The van der Waals surface area contributed by atoms with Crippen LogP contribution in [0, 0.1) is 24.6 Å². The van der Waals surface area contributed by atoms with Gasteiger partial charge >= 0.3 is 6.09 Å². The maximum Gasteiger partial charge on any atom is 0.407 e. The highest BCUT2D eigenvalue weighted by molar-refractivity contribution is 5.93. The van der Waals surface area contributed by atoms with E-state index in [2.05, 4.69) is 10.3 Å². The van der Waals surface area contributed by atoms with E-state index in [1.165, 1.54) is 15.6 Å². The molecule has 3 amide bonds. The van der Waals surface area contributed by atoms with E-state index in [0.717, 1.165) is 0 Å². The Labute approximate surface area is 214 Å². The number of hydrogen-bond donors (Lipinski definition) is 1. The first kappa shape index (κ1) is 26.5. The van der Waals surface area contributed by atoms with Crippen LogP contribution in [0.25, 0.3) is 5.69 Å². The molecule has 1 aromatic heterocycles. The van der Waals surface area contributed by atoms with Crippen molar-refractivity contribution in [2.45, 2.75) is 33.2 Å². The lowest BCUT2D eigenvalue weighted by atomic mass is 9.91. The van der Waals surface area contributed by atoms with Crippen LogP contribution in [0.3, 0.4) is 0 Å². The molecule has 200 valence electrons. The molecule has 2 fully saturated rings. The van der Waals surface area contributed by atoms with Crippen molar-refractivity contribution in [1.82, 2.24) is 29.7 Å². The molecule has 12 heteroatoms. The average molecular weight is 517 g/mol. The maximum absolute atomic E-state index is 14.4. The Morgan fingerprint density at radius 3 is 2.51 bits per heavy atom. The normalized spacial score (nSPS) is 20.2. The van der Waals surface area contributed by atoms with Gasteiger partial charge < -0.3 is 24.5 Å². The van der Waals surface area contributed by atoms with Crippen LogP contribution in [0.4, 0.5) is 9.18 Å². The fourth-order valence-electron chi connectivity index (χ4n) is 4.98. The predicted molar refractivity (Wildman–Crippen MR) is 131 cm³/mol. The first-order valence-electron chi connectivity index (χ1n) is 12.5. The third kappa shape index (κ3) is 5.74. The van der Waals surface area contributed by atoms with Crippen LogP contribution in [-0.2, 0) is 9.53 Å². The fourth-order valence-corrected chi connectivity index (χ4v) is 4.98. The average Bonchev–Trinajstić information content (AvgIpc) is 3.27. The summed E-state index contributed by atoms with van der Waals surface area (Å²) in [6.45, 7) is 7.85. The van der Waals surface area contributed by atoms with Crippen molar-refractivity contribution in [3.05, 3.63) is 41.5 Å².